The maximum Gasteiger partial charge on any atom is 0.358 e. The monoisotopic (exact) mass is 440 g/mol. The number of ether oxygens (including phenoxy) is 1. The third-order valence-electron chi connectivity index (χ3n) is 2.88. The van der Waals surface area contributed by atoms with Gasteiger partial charge in [-0.1, -0.05) is 6.08 Å². The van der Waals surface area contributed by atoms with Crippen LogP contribution in [0.1, 0.15) is 10.5 Å². The van der Waals surface area contributed by atoms with Gasteiger partial charge >= 0.3 is 5.97 Å². The van der Waals surface area contributed by atoms with Gasteiger partial charge in [-0.3, -0.25) is 14.9 Å². The number of hydrogen-bond donors (Lipinski definition) is 2. The van der Waals surface area contributed by atoms with Crippen molar-refractivity contribution >= 4 is 55.6 Å². The van der Waals surface area contributed by atoms with E-state index in [1.165, 1.54) is 34.9 Å². The summed E-state index contributed by atoms with van der Waals surface area (Å²) >= 11 is 4.36. The van der Waals surface area contributed by atoms with Crippen LogP contribution in [0, 0.1) is 10.1 Å². The number of halogens is 1. The molecule has 0 bridgehead atoms. The van der Waals surface area contributed by atoms with Crippen molar-refractivity contribution in [1.82, 2.24) is 4.98 Å². The molecule has 1 amide bonds. The lowest BCUT2D eigenvalue weighted by molar-refractivity contribution is -0.384. The lowest BCUT2D eigenvalue weighted by Crippen LogP contribution is -2.21. The largest absolute Gasteiger partial charge is 0.451 e. The highest BCUT2D eigenvalue weighted by molar-refractivity contribution is 9.10. The van der Waals surface area contributed by atoms with Crippen molar-refractivity contribution in [2.75, 3.05) is 23.8 Å². The van der Waals surface area contributed by atoms with Crippen LogP contribution < -0.4 is 10.6 Å². The lowest BCUT2D eigenvalue weighted by atomic mass is 10.3. The number of benzene rings is 1. The van der Waals surface area contributed by atoms with E-state index in [1.54, 1.807) is 6.08 Å². The molecule has 2 rings (SSSR count). The summed E-state index contributed by atoms with van der Waals surface area (Å²) in [6.45, 7) is 3.55. The van der Waals surface area contributed by atoms with Gasteiger partial charge in [0.05, 0.1) is 10.6 Å². The first-order valence-corrected chi connectivity index (χ1v) is 8.79. The number of nitro groups is 1. The molecule has 1 aromatic carbocycles. The van der Waals surface area contributed by atoms with Gasteiger partial charge in [0.15, 0.2) is 17.4 Å². The van der Waals surface area contributed by atoms with Crippen molar-refractivity contribution in [3.63, 3.8) is 0 Å². The molecular formula is C15H13BrN4O5S. The molecule has 0 aliphatic carbocycles. The summed E-state index contributed by atoms with van der Waals surface area (Å²) in [6.07, 6.45) is 1.65. The van der Waals surface area contributed by atoms with Gasteiger partial charge < -0.3 is 15.4 Å². The van der Waals surface area contributed by atoms with E-state index >= 15 is 0 Å². The van der Waals surface area contributed by atoms with Crippen LogP contribution in [-0.2, 0) is 9.53 Å². The average molecular weight is 441 g/mol. The van der Waals surface area contributed by atoms with Gasteiger partial charge in [0.25, 0.3) is 11.6 Å². The quantitative estimate of drug-likeness (QED) is 0.279. The van der Waals surface area contributed by atoms with Gasteiger partial charge in [0.2, 0.25) is 0 Å². The maximum atomic E-state index is 11.9. The van der Waals surface area contributed by atoms with Gasteiger partial charge in [0, 0.05) is 28.5 Å². The number of esters is 1. The molecule has 0 fully saturated rings. The van der Waals surface area contributed by atoms with Gasteiger partial charge in [-0.2, -0.15) is 0 Å². The van der Waals surface area contributed by atoms with Crippen molar-refractivity contribution < 1.29 is 19.2 Å². The molecule has 26 heavy (non-hydrogen) atoms. The first-order valence-electron chi connectivity index (χ1n) is 7.12. The minimum absolute atomic E-state index is 0.0888. The number of aromatic nitrogens is 1. The molecule has 2 aromatic rings. The lowest BCUT2D eigenvalue weighted by Gasteiger charge is -2.07. The fourth-order valence-electron chi connectivity index (χ4n) is 1.72. The van der Waals surface area contributed by atoms with Crippen LogP contribution in [0.4, 0.5) is 16.5 Å². The summed E-state index contributed by atoms with van der Waals surface area (Å²) < 4.78 is 5.24. The minimum Gasteiger partial charge on any atom is -0.451 e. The molecule has 0 unspecified atom stereocenters. The van der Waals surface area contributed by atoms with Crippen molar-refractivity contribution in [3.05, 3.63) is 56.5 Å². The van der Waals surface area contributed by atoms with Crippen LogP contribution >= 0.6 is 27.3 Å². The number of carbonyl (C=O) groups excluding carboxylic acids is 2. The molecule has 1 aromatic heterocycles. The Labute approximate surface area is 160 Å². The minimum atomic E-state index is -0.731. The Morgan fingerprint density at radius 1 is 1.46 bits per heavy atom. The van der Waals surface area contributed by atoms with Crippen LogP contribution in [0.3, 0.4) is 0 Å². The van der Waals surface area contributed by atoms with Gasteiger partial charge in [-0.15, -0.1) is 17.9 Å². The molecule has 9 nitrogen and oxygen atoms in total. The van der Waals surface area contributed by atoms with Crippen molar-refractivity contribution in [1.29, 1.82) is 0 Å². The number of nitrogens with one attached hydrogen (secondary N) is 2. The van der Waals surface area contributed by atoms with Crippen LogP contribution in [0.2, 0.25) is 0 Å². The Morgan fingerprint density at radius 3 is 2.88 bits per heavy atom. The van der Waals surface area contributed by atoms with Crippen molar-refractivity contribution in [2.24, 2.45) is 0 Å². The smallest absolute Gasteiger partial charge is 0.358 e. The molecule has 0 saturated heterocycles. The van der Waals surface area contributed by atoms with Crippen LogP contribution in [0.5, 0.6) is 0 Å². The van der Waals surface area contributed by atoms with Crippen LogP contribution in [0.15, 0.2) is 40.7 Å². The Balaban J connectivity index is 1.88. The summed E-state index contributed by atoms with van der Waals surface area (Å²) in [5.41, 5.74) is 0.290. The summed E-state index contributed by atoms with van der Waals surface area (Å²) in [5, 5.41) is 18.2. The number of thiazole rings is 1. The van der Waals surface area contributed by atoms with E-state index in [2.05, 4.69) is 38.1 Å². The number of nitro benzene ring substituents is 1. The van der Waals surface area contributed by atoms with E-state index in [1.807, 2.05) is 0 Å². The molecule has 0 aliphatic heterocycles. The van der Waals surface area contributed by atoms with E-state index in [9.17, 15) is 19.7 Å². The fourth-order valence-corrected chi connectivity index (χ4v) is 2.87. The number of non-ortho nitro benzene ring substituents is 1. The highest BCUT2D eigenvalue weighted by Crippen LogP contribution is 2.27. The summed E-state index contributed by atoms with van der Waals surface area (Å²) in [5.74, 6) is -1.32. The van der Waals surface area contributed by atoms with Crippen LogP contribution in [-0.4, -0.2) is 34.9 Å². The number of carbonyl (C=O) groups is 2. The second-order valence-electron chi connectivity index (χ2n) is 4.75. The van der Waals surface area contributed by atoms with Gasteiger partial charge in [-0.25, -0.2) is 9.78 Å². The first-order chi connectivity index (χ1) is 12.4. The van der Waals surface area contributed by atoms with Gasteiger partial charge in [-0.05, 0) is 22.0 Å². The number of amides is 1. The van der Waals surface area contributed by atoms with E-state index in [4.69, 9.17) is 4.74 Å². The zero-order chi connectivity index (χ0) is 19.1. The summed E-state index contributed by atoms with van der Waals surface area (Å²) in [6, 6.07) is 3.88. The average Bonchev–Trinajstić information content (AvgIpc) is 3.08. The molecular weight excluding hydrogens is 428 g/mol. The number of rotatable bonds is 8. The Kier molecular flexibility index (Phi) is 6.81. The molecule has 2 N–H and O–H groups in total. The third kappa shape index (κ3) is 5.36. The highest BCUT2D eigenvalue weighted by atomic mass is 79.9. The Hall–Kier alpha value is -2.79. The van der Waals surface area contributed by atoms with Crippen LogP contribution in [0.25, 0.3) is 0 Å². The molecule has 1 heterocycles. The van der Waals surface area contributed by atoms with E-state index in [-0.39, 0.29) is 11.4 Å². The highest BCUT2D eigenvalue weighted by Gasteiger charge is 2.15. The molecule has 136 valence electrons. The zero-order valence-corrected chi connectivity index (χ0v) is 15.6. The number of anilines is 2. The number of nitrogens with zero attached hydrogens (tertiary/aromatic N) is 2. The Bertz CT molecular complexity index is 854. The molecule has 0 saturated carbocycles. The molecule has 0 radical (unpaired) electrons. The Morgan fingerprint density at radius 2 is 2.23 bits per heavy atom. The summed E-state index contributed by atoms with van der Waals surface area (Å²) in [7, 11) is 0. The molecule has 0 aliphatic rings. The third-order valence-corrected chi connectivity index (χ3v) is 4.34. The standard InChI is InChI=1S/C15H13BrN4O5S/c1-2-5-17-15-19-12(8-26-15)14(22)25-7-13(21)18-11-4-3-9(20(23)24)6-10(11)16/h2-4,6,8H,1,5,7H2,(H,17,19)(H,18,21). The molecule has 0 spiro atoms. The molecule has 11 heteroatoms. The predicted molar refractivity (Wildman–Crippen MR) is 101 cm³/mol. The number of hydrogen-bond acceptors (Lipinski definition) is 8. The first kappa shape index (κ1) is 19.5. The topological polar surface area (TPSA) is 123 Å². The van der Waals surface area contributed by atoms with E-state index < -0.39 is 23.4 Å². The maximum absolute atomic E-state index is 11.9. The molecule has 0 atom stereocenters. The van der Waals surface area contributed by atoms with Crippen molar-refractivity contribution in [2.45, 2.75) is 0 Å². The van der Waals surface area contributed by atoms with E-state index in [0.29, 0.717) is 21.8 Å². The fraction of sp³-hybridized carbons (Fsp3) is 0.133. The summed E-state index contributed by atoms with van der Waals surface area (Å²) in [4.78, 5) is 37.9. The van der Waals surface area contributed by atoms with E-state index in [0.717, 1.165) is 0 Å². The zero-order valence-electron chi connectivity index (χ0n) is 13.2. The SMILES string of the molecule is C=CCNc1nc(C(=O)OCC(=O)Nc2ccc([N+](=O)[O-])cc2Br)cs1. The normalized spacial score (nSPS) is 10.0. The predicted octanol–water partition coefficient (Wildman–Crippen LogP) is 3.21. The second-order valence-corrected chi connectivity index (χ2v) is 6.47. The second kappa shape index (κ2) is 9.06. The van der Waals surface area contributed by atoms with Gasteiger partial charge in [0.1, 0.15) is 0 Å². The van der Waals surface area contributed by atoms with Crippen molar-refractivity contribution in [3.8, 4) is 0 Å².